The molecule has 1 fully saturated rings. The standard InChI is InChI=1S/C18H16F2N2O/c19-17-6-2-5-15(18(17)20)14-4-1-3-12(9-21)16(14)11-23-13-7-8-22-10-13/h1-6,13,22H,7-8,10-11H2/t13-/m0/s1. The second kappa shape index (κ2) is 6.86. The normalized spacial score (nSPS) is 17.2. The van der Waals surface area contributed by atoms with Gasteiger partial charge in [0.05, 0.1) is 24.3 Å². The van der Waals surface area contributed by atoms with Gasteiger partial charge in [0.15, 0.2) is 11.6 Å². The van der Waals surface area contributed by atoms with Crippen molar-refractivity contribution in [3.05, 3.63) is 59.2 Å². The molecule has 3 rings (SSSR count). The minimum Gasteiger partial charge on any atom is -0.372 e. The van der Waals surface area contributed by atoms with Gasteiger partial charge in [0.1, 0.15) is 0 Å². The number of halogens is 2. The lowest BCUT2D eigenvalue weighted by molar-refractivity contribution is 0.0543. The van der Waals surface area contributed by atoms with Crippen LogP contribution >= 0.6 is 0 Å². The largest absolute Gasteiger partial charge is 0.372 e. The van der Waals surface area contributed by atoms with Crippen molar-refractivity contribution in [2.24, 2.45) is 0 Å². The Balaban J connectivity index is 1.99. The molecule has 1 N–H and O–H groups in total. The lowest BCUT2D eigenvalue weighted by Gasteiger charge is -2.15. The highest BCUT2D eigenvalue weighted by Gasteiger charge is 2.19. The zero-order valence-electron chi connectivity index (χ0n) is 12.5. The van der Waals surface area contributed by atoms with E-state index < -0.39 is 11.6 Å². The van der Waals surface area contributed by atoms with Crippen molar-refractivity contribution in [1.82, 2.24) is 5.32 Å². The predicted molar refractivity (Wildman–Crippen MR) is 82.6 cm³/mol. The summed E-state index contributed by atoms with van der Waals surface area (Å²) in [5.41, 5.74) is 1.64. The summed E-state index contributed by atoms with van der Waals surface area (Å²) < 4.78 is 33.5. The van der Waals surface area contributed by atoms with Crippen molar-refractivity contribution >= 4 is 0 Å². The lowest BCUT2D eigenvalue weighted by Crippen LogP contribution is -2.17. The summed E-state index contributed by atoms with van der Waals surface area (Å²) in [6, 6.07) is 11.2. The maximum absolute atomic E-state index is 14.1. The average Bonchev–Trinajstić information content (AvgIpc) is 3.08. The fraction of sp³-hybridized carbons (Fsp3) is 0.278. The van der Waals surface area contributed by atoms with Gasteiger partial charge < -0.3 is 10.1 Å². The molecule has 0 aromatic heterocycles. The SMILES string of the molecule is N#Cc1cccc(-c2cccc(F)c2F)c1CO[C@H]1CCNC1. The molecule has 0 bridgehead atoms. The molecule has 3 nitrogen and oxygen atoms in total. The van der Waals surface area contributed by atoms with E-state index in [0.29, 0.717) is 16.7 Å². The first-order valence-electron chi connectivity index (χ1n) is 7.49. The van der Waals surface area contributed by atoms with E-state index in [2.05, 4.69) is 11.4 Å². The van der Waals surface area contributed by atoms with E-state index in [9.17, 15) is 14.0 Å². The van der Waals surface area contributed by atoms with Gasteiger partial charge in [0, 0.05) is 17.7 Å². The first kappa shape index (κ1) is 15.6. The first-order valence-corrected chi connectivity index (χ1v) is 7.49. The smallest absolute Gasteiger partial charge is 0.166 e. The van der Waals surface area contributed by atoms with Gasteiger partial charge in [-0.05, 0) is 30.7 Å². The summed E-state index contributed by atoms with van der Waals surface area (Å²) >= 11 is 0. The van der Waals surface area contributed by atoms with Crippen molar-refractivity contribution in [2.45, 2.75) is 19.1 Å². The summed E-state index contributed by atoms with van der Waals surface area (Å²) in [4.78, 5) is 0. The Bertz CT molecular complexity index is 749. The minimum atomic E-state index is -0.911. The number of hydrogen-bond donors (Lipinski definition) is 1. The monoisotopic (exact) mass is 314 g/mol. The molecule has 0 saturated carbocycles. The van der Waals surface area contributed by atoms with E-state index in [-0.39, 0.29) is 18.3 Å². The Morgan fingerprint density at radius 2 is 1.96 bits per heavy atom. The van der Waals surface area contributed by atoms with Crippen LogP contribution in [0.4, 0.5) is 8.78 Å². The third kappa shape index (κ3) is 3.24. The quantitative estimate of drug-likeness (QED) is 0.941. The van der Waals surface area contributed by atoms with Crippen molar-refractivity contribution in [2.75, 3.05) is 13.1 Å². The van der Waals surface area contributed by atoms with Crippen LogP contribution in [0.25, 0.3) is 11.1 Å². The fourth-order valence-electron chi connectivity index (χ4n) is 2.78. The molecule has 1 aliphatic heterocycles. The summed E-state index contributed by atoms with van der Waals surface area (Å²) in [6.45, 7) is 1.86. The van der Waals surface area contributed by atoms with Gasteiger partial charge in [-0.2, -0.15) is 5.26 Å². The first-order chi connectivity index (χ1) is 11.2. The molecular weight excluding hydrogens is 298 g/mol. The maximum Gasteiger partial charge on any atom is 0.166 e. The number of nitriles is 1. The van der Waals surface area contributed by atoms with E-state index in [4.69, 9.17) is 4.74 Å². The molecule has 1 saturated heterocycles. The molecule has 1 aliphatic rings. The Morgan fingerprint density at radius 3 is 2.70 bits per heavy atom. The number of rotatable bonds is 4. The van der Waals surface area contributed by atoms with E-state index in [0.717, 1.165) is 25.6 Å². The minimum absolute atomic E-state index is 0.0759. The van der Waals surface area contributed by atoms with Crippen LogP contribution in [0.1, 0.15) is 17.5 Å². The molecule has 0 unspecified atom stereocenters. The fourth-order valence-corrected chi connectivity index (χ4v) is 2.78. The number of nitrogens with one attached hydrogen (secondary N) is 1. The Labute approximate surface area is 133 Å². The molecule has 23 heavy (non-hydrogen) atoms. The van der Waals surface area contributed by atoms with Crippen LogP contribution in [-0.4, -0.2) is 19.2 Å². The zero-order valence-corrected chi connectivity index (χ0v) is 12.5. The van der Waals surface area contributed by atoms with E-state index in [1.165, 1.54) is 12.1 Å². The Hall–Kier alpha value is -2.29. The molecule has 118 valence electrons. The van der Waals surface area contributed by atoms with Crippen LogP contribution in [-0.2, 0) is 11.3 Å². The second-order valence-corrected chi connectivity index (χ2v) is 5.47. The predicted octanol–water partition coefficient (Wildman–Crippen LogP) is 3.38. The summed E-state index contributed by atoms with van der Waals surface area (Å²) in [5, 5.41) is 12.5. The zero-order chi connectivity index (χ0) is 16.2. The molecule has 0 amide bonds. The van der Waals surface area contributed by atoms with Gasteiger partial charge in [0.25, 0.3) is 0 Å². The highest BCUT2D eigenvalue weighted by molar-refractivity contribution is 5.70. The van der Waals surface area contributed by atoms with Gasteiger partial charge >= 0.3 is 0 Å². The number of benzene rings is 2. The van der Waals surface area contributed by atoms with Gasteiger partial charge in [-0.1, -0.05) is 24.3 Å². The van der Waals surface area contributed by atoms with E-state index in [1.54, 1.807) is 18.2 Å². The number of ether oxygens (including phenoxy) is 1. The Morgan fingerprint density at radius 1 is 1.17 bits per heavy atom. The number of hydrogen-bond acceptors (Lipinski definition) is 3. The molecule has 2 aromatic carbocycles. The lowest BCUT2D eigenvalue weighted by atomic mass is 9.95. The van der Waals surface area contributed by atoms with Gasteiger partial charge in [-0.3, -0.25) is 0 Å². The van der Waals surface area contributed by atoms with Crippen LogP contribution in [0.2, 0.25) is 0 Å². The molecule has 1 heterocycles. The van der Waals surface area contributed by atoms with Crippen LogP contribution in [0.3, 0.4) is 0 Å². The van der Waals surface area contributed by atoms with E-state index in [1.807, 2.05) is 0 Å². The summed E-state index contributed by atoms with van der Waals surface area (Å²) in [5.74, 6) is -1.82. The average molecular weight is 314 g/mol. The van der Waals surface area contributed by atoms with Gasteiger partial charge in [-0.25, -0.2) is 8.78 Å². The molecule has 1 atom stereocenters. The molecular formula is C18H16F2N2O. The highest BCUT2D eigenvalue weighted by atomic mass is 19.2. The number of nitrogens with zero attached hydrogens (tertiary/aromatic N) is 1. The van der Waals surface area contributed by atoms with Crippen LogP contribution in [0.5, 0.6) is 0 Å². The van der Waals surface area contributed by atoms with Crippen LogP contribution in [0.15, 0.2) is 36.4 Å². The maximum atomic E-state index is 14.1. The summed E-state index contributed by atoms with van der Waals surface area (Å²) in [6.07, 6.45) is 0.977. The van der Waals surface area contributed by atoms with E-state index >= 15 is 0 Å². The Kier molecular flexibility index (Phi) is 4.65. The molecule has 0 aliphatic carbocycles. The van der Waals surface area contributed by atoms with Gasteiger partial charge in [0.2, 0.25) is 0 Å². The van der Waals surface area contributed by atoms with Crippen molar-refractivity contribution < 1.29 is 13.5 Å². The van der Waals surface area contributed by atoms with Crippen molar-refractivity contribution in [3.63, 3.8) is 0 Å². The third-order valence-electron chi connectivity index (χ3n) is 4.02. The molecule has 0 radical (unpaired) electrons. The van der Waals surface area contributed by atoms with Crippen molar-refractivity contribution in [1.29, 1.82) is 5.26 Å². The third-order valence-corrected chi connectivity index (χ3v) is 4.02. The van der Waals surface area contributed by atoms with Crippen LogP contribution < -0.4 is 5.32 Å². The molecule has 0 spiro atoms. The second-order valence-electron chi connectivity index (χ2n) is 5.47. The van der Waals surface area contributed by atoms with Gasteiger partial charge in [-0.15, -0.1) is 0 Å². The molecule has 2 aromatic rings. The topological polar surface area (TPSA) is 45.0 Å². The van der Waals surface area contributed by atoms with Crippen molar-refractivity contribution in [3.8, 4) is 17.2 Å². The highest BCUT2D eigenvalue weighted by Crippen LogP contribution is 2.30. The molecule has 5 heteroatoms. The summed E-state index contributed by atoms with van der Waals surface area (Å²) in [7, 11) is 0. The van der Waals surface area contributed by atoms with Crippen LogP contribution in [0, 0.1) is 23.0 Å².